The van der Waals surface area contributed by atoms with Crippen molar-refractivity contribution >= 4 is 45.7 Å². The van der Waals surface area contributed by atoms with E-state index in [2.05, 4.69) is 43.8 Å². The third kappa shape index (κ3) is 5.20. The summed E-state index contributed by atoms with van der Waals surface area (Å²) in [4.78, 5) is 37.4. The molecule has 1 unspecified atom stereocenters. The van der Waals surface area contributed by atoms with Crippen molar-refractivity contribution < 1.29 is 34.3 Å². The first kappa shape index (κ1) is 33.0. The van der Waals surface area contributed by atoms with Crippen LogP contribution in [-0.2, 0) is 19.0 Å². The third-order valence-corrected chi connectivity index (χ3v) is 10.4. The Morgan fingerprint density at radius 3 is 2.10 bits per heavy atom. The number of imidazole rings is 2. The number of hydrogen-bond acceptors (Lipinski definition) is 14. The fraction of sp³-hybridized carbons (Fsp3) is 0.645. The predicted octanol–water partition coefficient (Wildman–Crippen LogP) is 2.32. The lowest BCUT2D eigenvalue weighted by Crippen LogP contribution is -2.55. The van der Waals surface area contributed by atoms with Crippen molar-refractivity contribution in [3.05, 3.63) is 30.5 Å². The van der Waals surface area contributed by atoms with Gasteiger partial charge in [0.25, 0.3) is 0 Å². The molecule has 6 heterocycles. The van der Waals surface area contributed by atoms with E-state index < -0.39 is 47.9 Å². The molecule has 48 heavy (non-hydrogen) atoms. The van der Waals surface area contributed by atoms with Crippen LogP contribution < -0.4 is 5.73 Å². The van der Waals surface area contributed by atoms with Crippen LogP contribution in [0.2, 0.25) is 5.15 Å². The SMILES string of the molecule is CC1CC2(C1)O[C@@H](n1cnc3c(Cl)ncnc31)C(OC(=O)C(C)(C)C)[C@@H]2C.Nc1ncnc2c1ncn2[C@@H]1OC2(CC(O)C2)[C@@H](O)[C@H]1O. The number of aromatic nitrogens is 8. The quantitative estimate of drug-likeness (QED) is 0.180. The van der Waals surface area contributed by atoms with E-state index in [0.29, 0.717) is 46.2 Å². The average Bonchev–Trinajstić information content (AvgIpc) is 3.75. The van der Waals surface area contributed by atoms with Crippen LogP contribution in [0, 0.1) is 17.3 Å². The number of nitrogens with zero attached hydrogens (tertiary/aromatic N) is 8. The van der Waals surface area contributed by atoms with Crippen LogP contribution in [-0.4, -0.2) is 95.9 Å². The lowest BCUT2D eigenvalue weighted by Gasteiger charge is -2.46. The Labute approximate surface area is 280 Å². The molecule has 0 aromatic carbocycles. The lowest BCUT2D eigenvalue weighted by molar-refractivity contribution is -0.188. The monoisotopic (exact) mass is 685 g/mol. The smallest absolute Gasteiger partial charge is 0.311 e. The molecule has 5 N–H and O–H groups in total. The Morgan fingerprint density at radius 1 is 0.896 bits per heavy atom. The Balaban J connectivity index is 0.000000156. The van der Waals surface area contributed by atoms with Gasteiger partial charge in [-0.25, -0.2) is 29.9 Å². The second kappa shape index (κ2) is 11.5. The van der Waals surface area contributed by atoms with Crippen LogP contribution in [0.15, 0.2) is 25.3 Å². The van der Waals surface area contributed by atoms with Gasteiger partial charge in [0, 0.05) is 18.8 Å². The molecule has 6 atom stereocenters. The molecule has 0 amide bonds. The topological polar surface area (TPSA) is 219 Å². The number of hydrogen-bond donors (Lipinski definition) is 4. The average molecular weight is 686 g/mol. The van der Waals surface area contributed by atoms with Gasteiger partial charge in [-0.3, -0.25) is 13.9 Å². The normalized spacial score (nSPS) is 35.9. The maximum atomic E-state index is 12.6. The molecule has 17 heteroatoms. The molecule has 4 aromatic rings. The second-order valence-corrected chi connectivity index (χ2v) is 15.0. The van der Waals surface area contributed by atoms with Gasteiger partial charge in [-0.05, 0) is 39.5 Å². The molecule has 4 aliphatic rings. The maximum absolute atomic E-state index is 12.6. The van der Waals surface area contributed by atoms with Crippen molar-refractivity contribution in [2.45, 2.75) is 108 Å². The number of ether oxygens (including phenoxy) is 3. The Bertz CT molecular complexity index is 1850. The standard InChI is InChI=1S/C19H25ClN4O3.C12H15N5O4/c1-10-6-19(7-10)11(2)13(26-17(25)18(3,4)5)16(27-19)24-9-23-12-14(20)21-8-22-15(12)24;13-9-6-10(15-3-14-9)17(4-16-6)11-7(19)8(20)12(21-11)1-5(18)2-12/h8-11,13,16H,6-7H2,1-5H3;3-5,7-8,11,18-20H,1-2H2,(H2,13,14,15)/t10?,11-,13?,16+,19?;5?,7-,8+,11-,12?/m01/s1. The Hall–Kier alpha value is -3.54. The molecular formula is C31H40ClN9O7. The Kier molecular flexibility index (Phi) is 7.92. The largest absolute Gasteiger partial charge is 0.457 e. The third-order valence-electron chi connectivity index (χ3n) is 10.1. The molecule has 0 radical (unpaired) electrons. The second-order valence-electron chi connectivity index (χ2n) is 14.6. The molecular weight excluding hydrogens is 646 g/mol. The van der Waals surface area contributed by atoms with Crippen LogP contribution in [0.25, 0.3) is 22.3 Å². The minimum Gasteiger partial charge on any atom is -0.457 e. The molecule has 4 fully saturated rings. The van der Waals surface area contributed by atoms with Crippen molar-refractivity contribution in [2.75, 3.05) is 5.73 Å². The van der Waals surface area contributed by atoms with Gasteiger partial charge in [-0.1, -0.05) is 25.4 Å². The van der Waals surface area contributed by atoms with Crippen LogP contribution in [0.3, 0.4) is 0 Å². The molecule has 8 rings (SSSR count). The van der Waals surface area contributed by atoms with E-state index in [4.69, 9.17) is 31.5 Å². The molecule has 2 saturated heterocycles. The van der Waals surface area contributed by atoms with Gasteiger partial charge < -0.3 is 35.3 Å². The molecule has 16 nitrogen and oxygen atoms in total. The number of aliphatic hydroxyl groups is 3. The highest BCUT2D eigenvalue weighted by Crippen LogP contribution is 2.56. The van der Waals surface area contributed by atoms with Crippen molar-refractivity contribution in [3.8, 4) is 0 Å². The first-order valence-electron chi connectivity index (χ1n) is 16.0. The number of carbonyl (C=O) groups excluding carboxylic acids is 1. The van der Waals surface area contributed by atoms with Gasteiger partial charge in [-0.2, -0.15) is 0 Å². The summed E-state index contributed by atoms with van der Waals surface area (Å²) in [5.74, 6) is 0.663. The predicted molar refractivity (Wildman–Crippen MR) is 170 cm³/mol. The van der Waals surface area contributed by atoms with E-state index >= 15 is 0 Å². The van der Waals surface area contributed by atoms with E-state index in [-0.39, 0.29) is 23.3 Å². The first-order chi connectivity index (χ1) is 22.6. The number of fused-ring (bicyclic) bond motifs is 2. The van der Waals surface area contributed by atoms with Crippen LogP contribution in [0.1, 0.15) is 72.8 Å². The minimum atomic E-state index is -1.13. The molecule has 2 spiro atoms. The van der Waals surface area contributed by atoms with Gasteiger partial charge in [-0.15, -0.1) is 0 Å². The van der Waals surface area contributed by atoms with Crippen LogP contribution >= 0.6 is 11.6 Å². The fourth-order valence-corrected chi connectivity index (χ4v) is 7.61. The summed E-state index contributed by atoms with van der Waals surface area (Å²) < 4.78 is 21.7. The number of rotatable bonds is 3. The molecule has 2 saturated carbocycles. The summed E-state index contributed by atoms with van der Waals surface area (Å²) in [6, 6.07) is 0. The zero-order chi connectivity index (χ0) is 34.3. The van der Waals surface area contributed by atoms with Gasteiger partial charge >= 0.3 is 5.97 Å². The number of esters is 1. The molecule has 258 valence electrons. The first-order valence-corrected chi connectivity index (χ1v) is 16.4. The van der Waals surface area contributed by atoms with Crippen LogP contribution in [0.4, 0.5) is 5.82 Å². The van der Waals surface area contributed by atoms with Gasteiger partial charge in [0.1, 0.15) is 41.5 Å². The van der Waals surface area contributed by atoms with Crippen molar-refractivity contribution in [3.63, 3.8) is 0 Å². The molecule has 2 aliphatic heterocycles. The summed E-state index contributed by atoms with van der Waals surface area (Å²) in [7, 11) is 0. The Morgan fingerprint density at radius 2 is 1.48 bits per heavy atom. The van der Waals surface area contributed by atoms with Crippen molar-refractivity contribution in [1.82, 2.24) is 39.0 Å². The summed E-state index contributed by atoms with van der Waals surface area (Å²) in [6.07, 6.45) is 3.85. The fourth-order valence-electron chi connectivity index (χ4n) is 7.43. The number of carbonyl (C=O) groups is 1. The van der Waals surface area contributed by atoms with Gasteiger partial charge in [0.15, 0.2) is 40.8 Å². The van der Waals surface area contributed by atoms with E-state index in [9.17, 15) is 20.1 Å². The number of nitrogens with two attached hydrogens (primary N) is 1. The molecule has 2 aliphatic carbocycles. The van der Waals surface area contributed by atoms with Crippen molar-refractivity contribution in [1.29, 1.82) is 0 Å². The van der Waals surface area contributed by atoms with E-state index in [1.54, 1.807) is 6.33 Å². The van der Waals surface area contributed by atoms with E-state index in [0.717, 1.165) is 12.8 Å². The number of anilines is 1. The number of nitrogen functional groups attached to an aromatic ring is 1. The van der Waals surface area contributed by atoms with E-state index in [1.165, 1.54) is 23.5 Å². The zero-order valence-electron chi connectivity index (χ0n) is 27.3. The highest BCUT2D eigenvalue weighted by Gasteiger charge is 2.62. The number of halogens is 1. The number of aliphatic hydroxyl groups excluding tert-OH is 3. The lowest BCUT2D eigenvalue weighted by atomic mass is 9.65. The van der Waals surface area contributed by atoms with Crippen LogP contribution in [0.5, 0.6) is 0 Å². The zero-order valence-corrected chi connectivity index (χ0v) is 28.0. The summed E-state index contributed by atoms with van der Waals surface area (Å²) in [5.41, 5.74) is 5.89. The summed E-state index contributed by atoms with van der Waals surface area (Å²) >= 11 is 6.15. The minimum absolute atomic E-state index is 0.0692. The maximum Gasteiger partial charge on any atom is 0.311 e. The summed E-state index contributed by atoms with van der Waals surface area (Å²) in [5, 5.41) is 30.2. The van der Waals surface area contributed by atoms with E-state index in [1.807, 2.05) is 25.3 Å². The molecule has 0 bridgehead atoms. The molecule has 4 aromatic heterocycles. The summed E-state index contributed by atoms with van der Waals surface area (Å²) in [6.45, 7) is 9.88. The highest BCUT2D eigenvalue weighted by atomic mass is 35.5. The van der Waals surface area contributed by atoms with Gasteiger partial charge in [0.2, 0.25) is 0 Å². The highest BCUT2D eigenvalue weighted by molar-refractivity contribution is 6.33. The van der Waals surface area contributed by atoms with Crippen molar-refractivity contribution in [2.24, 2.45) is 17.3 Å². The van der Waals surface area contributed by atoms with Gasteiger partial charge in [0.05, 0.1) is 29.8 Å².